The summed E-state index contributed by atoms with van der Waals surface area (Å²) in [6.45, 7) is 8.39. The summed E-state index contributed by atoms with van der Waals surface area (Å²) in [7, 11) is 0. The number of benzene rings is 1. The highest BCUT2D eigenvalue weighted by molar-refractivity contribution is 5.42. The minimum atomic E-state index is -0.487. The fourth-order valence-electron chi connectivity index (χ4n) is 2.97. The van der Waals surface area contributed by atoms with E-state index in [4.69, 9.17) is 9.47 Å². The van der Waals surface area contributed by atoms with Crippen molar-refractivity contribution in [3.8, 4) is 11.5 Å². The van der Waals surface area contributed by atoms with E-state index in [1.165, 1.54) is 19.3 Å². The Morgan fingerprint density at radius 1 is 1.09 bits per heavy atom. The number of ether oxygens (including phenoxy) is 2. The van der Waals surface area contributed by atoms with Crippen LogP contribution in [0.1, 0.15) is 51.2 Å². The van der Waals surface area contributed by atoms with E-state index >= 15 is 0 Å². The minimum Gasteiger partial charge on any atom is -0.494 e. The zero-order chi connectivity index (χ0) is 15.8. The molecule has 0 spiro atoms. The first kappa shape index (κ1) is 17.1. The standard InChI is InChI=1S/C18H29NO3/c1-3-21-15-8-9-16(18(14-15)22-4-2)17(20)10-13-19-11-6-5-7-12-19/h8-9,14,17,20H,3-7,10-13H2,1-2H3. The molecule has 4 nitrogen and oxygen atoms in total. The molecule has 124 valence electrons. The van der Waals surface area contributed by atoms with E-state index < -0.39 is 6.10 Å². The highest BCUT2D eigenvalue weighted by Crippen LogP contribution is 2.31. The van der Waals surface area contributed by atoms with Gasteiger partial charge in [0.1, 0.15) is 11.5 Å². The molecule has 0 bridgehead atoms. The molecule has 1 unspecified atom stereocenters. The topological polar surface area (TPSA) is 41.9 Å². The molecule has 0 saturated carbocycles. The fourth-order valence-corrected chi connectivity index (χ4v) is 2.97. The Hall–Kier alpha value is -1.26. The average Bonchev–Trinajstić information content (AvgIpc) is 2.54. The van der Waals surface area contributed by atoms with Crippen molar-refractivity contribution < 1.29 is 14.6 Å². The van der Waals surface area contributed by atoms with Crippen molar-refractivity contribution in [2.75, 3.05) is 32.8 Å². The van der Waals surface area contributed by atoms with E-state index in [0.29, 0.717) is 13.2 Å². The number of rotatable bonds is 8. The van der Waals surface area contributed by atoms with Gasteiger partial charge < -0.3 is 19.5 Å². The summed E-state index contributed by atoms with van der Waals surface area (Å²) >= 11 is 0. The number of nitrogens with zero attached hydrogens (tertiary/aromatic N) is 1. The van der Waals surface area contributed by atoms with Crippen molar-refractivity contribution >= 4 is 0 Å². The Morgan fingerprint density at radius 3 is 2.50 bits per heavy atom. The Labute approximate surface area is 134 Å². The van der Waals surface area contributed by atoms with Crippen molar-refractivity contribution in [3.63, 3.8) is 0 Å². The molecule has 1 heterocycles. The number of piperidine rings is 1. The summed E-state index contributed by atoms with van der Waals surface area (Å²) in [4.78, 5) is 2.45. The highest BCUT2D eigenvalue weighted by atomic mass is 16.5. The average molecular weight is 307 g/mol. The van der Waals surface area contributed by atoms with Crippen molar-refractivity contribution in [1.29, 1.82) is 0 Å². The van der Waals surface area contributed by atoms with Gasteiger partial charge in [-0.15, -0.1) is 0 Å². The van der Waals surface area contributed by atoms with Gasteiger partial charge in [-0.3, -0.25) is 0 Å². The van der Waals surface area contributed by atoms with E-state index in [1.807, 2.05) is 32.0 Å². The SMILES string of the molecule is CCOc1ccc(C(O)CCN2CCCCC2)c(OCC)c1. The van der Waals surface area contributed by atoms with Gasteiger partial charge in [0.15, 0.2) is 0 Å². The zero-order valence-electron chi connectivity index (χ0n) is 13.9. The molecule has 1 aliphatic heterocycles. The third kappa shape index (κ3) is 4.89. The van der Waals surface area contributed by atoms with Crippen LogP contribution in [-0.2, 0) is 0 Å². The Bertz CT molecular complexity index is 444. The van der Waals surface area contributed by atoms with Crippen molar-refractivity contribution in [3.05, 3.63) is 23.8 Å². The normalized spacial score (nSPS) is 17.2. The second kappa shape index (κ2) is 9.01. The lowest BCUT2D eigenvalue weighted by Gasteiger charge is -2.27. The van der Waals surface area contributed by atoms with Crippen LogP contribution in [0.4, 0.5) is 0 Å². The van der Waals surface area contributed by atoms with Crippen LogP contribution in [0.15, 0.2) is 18.2 Å². The summed E-state index contributed by atoms with van der Waals surface area (Å²) in [5.41, 5.74) is 0.863. The van der Waals surface area contributed by atoms with Gasteiger partial charge in [0.05, 0.1) is 19.3 Å². The molecule has 2 rings (SSSR count). The van der Waals surface area contributed by atoms with Gasteiger partial charge in [-0.25, -0.2) is 0 Å². The first-order valence-corrected chi connectivity index (χ1v) is 8.54. The van der Waals surface area contributed by atoms with Gasteiger partial charge in [-0.05, 0) is 58.3 Å². The fraction of sp³-hybridized carbons (Fsp3) is 0.667. The maximum absolute atomic E-state index is 10.5. The molecule has 4 heteroatoms. The van der Waals surface area contributed by atoms with E-state index in [0.717, 1.165) is 43.1 Å². The Balaban J connectivity index is 1.98. The zero-order valence-corrected chi connectivity index (χ0v) is 13.9. The smallest absolute Gasteiger partial charge is 0.128 e. The molecule has 0 radical (unpaired) electrons. The van der Waals surface area contributed by atoms with E-state index in [2.05, 4.69) is 4.90 Å². The third-order valence-electron chi connectivity index (χ3n) is 4.12. The second-order valence-corrected chi connectivity index (χ2v) is 5.77. The molecule has 1 aromatic carbocycles. The van der Waals surface area contributed by atoms with Crippen LogP contribution in [-0.4, -0.2) is 42.9 Å². The first-order chi connectivity index (χ1) is 10.7. The third-order valence-corrected chi connectivity index (χ3v) is 4.12. The molecule has 22 heavy (non-hydrogen) atoms. The molecule has 0 aromatic heterocycles. The van der Waals surface area contributed by atoms with E-state index in [-0.39, 0.29) is 0 Å². The number of hydrogen-bond donors (Lipinski definition) is 1. The largest absolute Gasteiger partial charge is 0.494 e. The van der Waals surface area contributed by atoms with Crippen molar-refractivity contribution in [1.82, 2.24) is 4.90 Å². The van der Waals surface area contributed by atoms with Gasteiger partial charge in [-0.2, -0.15) is 0 Å². The Kier molecular flexibility index (Phi) is 7.00. The van der Waals surface area contributed by atoms with E-state index in [9.17, 15) is 5.11 Å². The van der Waals surface area contributed by atoms with E-state index in [1.54, 1.807) is 0 Å². The lowest BCUT2D eigenvalue weighted by Crippen LogP contribution is -2.31. The predicted molar refractivity (Wildman–Crippen MR) is 88.6 cm³/mol. The van der Waals surface area contributed by atoms with Gasteiger partial charge in [0.25, 0.3) is 0 Å². The number of aliphatic hydroxyl groups is 1. The lowest BCUT2D eigenvalue weighted by atomic mass is 10.0. The summed E-state index contributed by atoms with van der Waals surface area (Å²) in [6, 6.07) is 5.72. The molecule has 0 amide bonds. The molecular formula is C18H29NO3. The summed E-state index contributed by atoms with van der Waals surface area (Å²) in [5, 5.41) is 10.5. The molecule has 1 fully saturated rings. The van der Waals surface area contributed by atoms with Crippen LogP contribution in [0.2, 0.25) is 0 Å². The van der Waals surface area contributed by atoms with Gasteiger partial charge in [0, 0.05) is 18.2 Å². The summed E-state index contributed by atoms with van der Waals surface area (Å²) < 4.78 is 11.2. The molecule has 1 aliphatic rings. The monoisotopic (exact) mass is 307 g/mol. The number of likely N-dealkylation sites (tertiary alicyclic amines) is 1. The molecule has 0 aliphatic carbocycles. The number of hydrogen-bond acceptors (Lipinski definition) is 4. The Morgan fingerprint density at radius 2 is 1.82 bits per heavy atom. The van der Waals surface area contributed by atoms with Crippen LogP contribution in [0, 0.1) is 0 Å². The second-order valence-electron chi connectivity index (χ2n) is 5.77. The first-order valence-electron chi connectivity index (χ1n) is 8.54. The quantitative estimate of drug-likeness (QED) is 0.799. The minimum absolute atomic E-state index is 0.487. The van der Waals surface area contributed by atoms with Crippen LogP contribution in [0.3, 0.4) is 0 Å². The van der Waals surface area contributed by atoms with Gasteiger partial charge >= 0.3 is 0 Å². The van der Waals surface area contributed by atoms with Crippen molar-refractivity contribution in [2.24, 2.45) is 0 Å². The lowest BCUT2D eigenvalue weighted by molar-refractivity contribution is 0.130. The van der Waals surface area contributed by atoms with Gasteiger partial charge in [-0.1, -0.05) is 6.42 Å². The van der Waals surface area contributed by atoms with Crippen molar-refractivity contribution in [2.45, 2.75) is 45.6 Å². The maximum Gasteiger partial charge on any atom is 0.128 e. The van der Waals surface area contributed by atoms with Gasteiger partial charge in [0.2, 0.25) is 0 Å². The summed E-state index contributed by atoms with van der Waals surface area (Å²) in [5.74, 6) is 1.53. The van der Waals surface area contributed by atoms with Crippen LogP contribution in [0.25, 0.3) is 0 Å². The van der Waals surface area contributed by atoms with Crippen LogP contribution < -0.4 is 9.47 Å². The highest BCUT2D eigenvalue weighted by Gasteiger charge is 2.17. The van der Waals surface area contributed by atoms with Crippen LogP contribution in [0.5, 0.6) is 11.5 Å². The molecule has 1 atom stereocenters. The molecular weight excluding hydrogens is 278 g/mol. The maximum atomic E-state index is 10.5. The molecule has 1 N–H and O–H groups in total. The van der Waals surface area contributed by atoms with Crippen LogP contribution >= 0.6 is 0 Å². The summed E-state index contributed by atoms with van der Waals surface area (Å²) in [6.07, 6.45) is 4.16. The predicted octanol–water partition coefficient (Wildman–Crippen LogP) is 3.39. The molecule has 1 aromatic rings. The molecule has 1 saturated heterocycles. The number of aliphatic hydroxyl groups excluding tert-OH is 1.